The van der Waals surface area contributed by atoms with Crippen LogP contribution in [0.5, 0.6) is 0 Å². The Morgan fingerprint density at radius 3 is 1.38 bits per heavy atom. The maximum absolute atomic E-state index is 13.4. The van der Waals surface area contributed by atoms with Crippen molar-refractivity contribution in [3.63, 3.8) is 0 Å². The van der Waals surface area contributed by atoms with Crippen LogP contribution in [-0.2, 0) is 9.98 Å². The van der Waals surface area contributed by atoms with Crippen molar-refractivity contribution >= 4 is 44.8 Å². The van der Waals surface area contributed by atoms with E-state index < -0.39 is 7.14 Å². The van der Waals surface area contributed by atoms with Gasteiger partial charge in [-0.05, 0) is 152 Å². The minimum Gasteiger partial charge on any atom is -0.319 e. The fourth-order valence-electron chi connectivity index (χ4n) is 14.4. The second-order valence-electron chi connectivity index (χ2n) is 21.8. The highest BCUT2D eigenvalue weighted by molar-refractivity contribution is 7.70. The maximum Gasteiger partial charge on any atom is 0.165 e. The van der Waals surface area contributed by atoms with Gasteiger partial charge in [0, 0.05) is 27.4 Å². The van der Waals surface area contributed by atoms with E-state index >= 15 is 0 Å². The zero-order chi connectivity index (χ0) is 49.5. The minimum atomic E-state index is -2.47. The molecule has 4 fully saturated rings. The smallest absolute Gasteiger partial charge is 0.165 e. The van der Waals surface area contributed by atoms with Gasteiger partial charge >= 0.3 is 0 Å². The number of nitrogens with zero attached hydrogens (tertiary/aromatic N) is 3. The van der Waals surface area contributed by atoms with Crippen LogP contribution in [0.25, 0.3) is 99.9 Å². The summed E-state index contributed by atoms with van der Waals surface area (Å²) in [6.07, 6.45) is 6.52. The fourth-order valence-corrected chi connectivity index (χ4v) is 15.6. The highest BCUT2D eigenvalue weighted by Gasteiger charge is 2.58. The quantitative estimate of drug-likeness (QED) is 0.107. The summed E-state index contributed by atoms with van der Waals surface area (Å²) in [5.74, 6) is 4.75. The third-order valence-corrected chi connectivity index (χ3v) is 18.8. The molecule has 0 N–H and O–H groups in total. The van der Waals surface area contributed by atoms with Crippen LogP contribution >= 0.6 is 7.14 Å². The highest BCUT2D eigenvalue weighted by atomic mass is 31.2. The first-order chi connectivity index (χ1) is 36.3. The highest BCUT2D eigenvalue weighted by Crippen LogP contribution is 2.65. The Hall–Kier alpha value is -7.78. The molecule has 5 heteroatoms. The van der Waals surface area contributed by atoms with Crippen LogP contribution in [-0.4, -0.2) is 28.3 Å². The van der Waals surface area contributed by atoms with E-state index in [9.17, 15) is 4.57 Å². The summed E-state index contributed by atoms with van der Waals surface area (Å²) >= 11 is 0. The number of hydrogen-bond donors (Lipinski definition) is 0. The molecule has 4 nitrogen and oxygen atoms in total. The van der Waals surface area contributed by atoms with Gasteiger partial charge in [0.05, 0.1) is 0 Å². The predicted molar refractivity (Wildman–Crippen MR) is 308 cm³/mol. The van der Waals surface area contributed by atoms with E-state index in [1.807, 2.05) is 13.3 Å². The van der Waals surface area contributed by atoms with Crippen LogP contribution < -0.4 is 5.30 Å². The van der Waals surface area contributed by atoms with E-state index in [4.69, 9.17) is 15.0 Å². The number of rotatable bonds is 9. The summed E-state index contributed by atoms with van der Waals surface area (Å²) in [6.45, 7) is 3.75. The van der Waals surface area contributed by atoms with Crippen LogP contribution in [0.15, 0.2) is 218 Å². The first-order valence-corrected chi connectivity index (χ1v) is 29.1. The van der Waals surface area contributed by atoms with Crippen molar-refractivity contribution in [1.82, 2.24) is 15.0 Å². The normalized spacial score (nSPS) is 20.1. The summed E-state index contributed by atoms with van der Waals surface area (Å²) in [4.78, 5) is 16.4. The predicted octanol–water partition coefficient (Wildman–Crippen LogP) is 17.3. The number of fused-ring (bicyclic) bond motifs is 3. The van der Waals surface area contributed by atoms with Gasteiger partial charge in [-0.3, -0.25) is 0 Å². The standard InChI is InChI=1S/C69H56N3OP/c1-74(2,73)63-37-36-56(57-22-9-10-23-58(57)63)47-28-32-52(33-29-47)69(54-39-44-38-45(41-54)42-55(69)40-44)53-34-30-49(31-35-53)66-70-67(51-21-15-20-50(43-51)46-16-5-3-6-17-46)72-68(71-66)65-61-26-13-11-24-59(61)64(48-18-7-4-8-19-48)60-25-12-14-27-62(60)65/h3-37,43-45,54-55H,38-42H2,1-2H3. The van der Waals surface area contributed by atoms with Gasteiger partial charge in [-0.1, -0.05) is 212 Å². The SMILES string of the molecule is CP(C)(=O)c1ccc(-c2ccc(C3(c4ccc(-c5nc(-c6cccc(-c7ccccc7)c6)nc(-c6c7ccccc7c(-c7ccccc7)c7ccccc67)n5)cc4)C4CC5CC(C4)CC3C5)cc2)c2ccccc12. The van der Waals surface area contributed by atoms with Crippen LogP contribution in [0.3, 0.4) is 0 Å². The molecule has 358 valence electrons. The number of hydrogen-bond acceptors (Lipinski definition) is 4. The van der Waals surface area contributed by atoms with Gasteiger partial charge in [-0.2, -0.15) is 0 Å². The first-order valence-electron chi connectivity index (χ1n) is 26.5. The van der Waals surface area contributed by atoms with Crippen molar-refractivity contribution in [2.45, 2.75) is 37.5 Å². The van der Waals surface area contributed by atoms with Crippen molar-refractivity contribution in [3.05, 3.63) is 230 Å². The van der Waals surface area contributed by atoms with Crippen LogP contribution in [0.2, 0.25) is 0 Å². The molecular weight excluding hydrogens is 918 g/mol. The molecule has 74 heavy (non-hydrogen) atoms. The number of benzene rings is 10. The van der Waals surface area contributed by atoms with Crippen molar-refractivity contribution < 1.29 is 4.57 Å². The summed E-state index contributed by atoms with van der Waals surface area (Å²) < 4.78 is 13.4. The van der Waals surface area contributed by atoms with Crippen LogP contribution in [0, 0.1) is 23.7 Å². The Labute approximate surface area is 433 Å². The average molecular weight is 974 g/mol. The monoisotopic (exact) mass is 973 g/mol. The molecule has 11 aromatic rings. The van der Waals surface area contributed by atoms with E-state index in [2.05, 4.69) is 218 Å². The molecule has 1 aromatic heterocycles. The zero-order valence-electron chi connectivity index (χ0n) is 41.8. The summed E-state index contributed by atoms with van der Waals surface area (Å²) in [6, 6.07) is 79.1. The fraction of sp³-hybridized carbons (Fsp3) is 0.174. The molecule has 0 atom stereocenters. The van der Waals surface area contributed by atoms with E-state index in [0.717, 1.165) is 77.3 Å². The maximum atomic E-state index is 13.4. The molecule has 4 aliphatic rings. The Kier molecular flexibility index (Phi) is 10.7. The van der Waals surface area contributed by atoms with Gasteiger partial charge in [-0.15, -0.1) is 0 Å². The largest absolute Gasteiger partial charge is 0.319 e. The molecule has 0 aliphatic heterocycles. The summed E-state index contributed by atoms with van der Waals surface area (Å²) in [7, 11) is -2.47. The van der Waals surface area contributed by atoms with Gasteiger partial charge < -0.3 is 4.57 Å². The lowest BCUT2D eigenvalue weighted by atomic mass is 9.42. The summed E-state index contributed by atoms with van der Waals surface area (Å²) in [5, 5.41) is 7.73. The van der Waals surface area contributed by atoms with E-state index in [0.29, 0.717) is 29.3 Å². The summed E-state index contributed by atoms with van der Waals surface area (Å²) in [5.41, 5.74) is 12.7. The molecular formula is C69H56N3OP. The van der Waals surface area contributed by atoms with E-state index in [1.165, 1.54) is 65.5 Å². The van der Waals surface area contributed by atoms with Gasteiger partial charge in [0.2, 0.25) is 0 Å². The molecule has 4 aliphatic carbocycles. The molecule has 15 rings (SSSR count). The van der Waals surface area contributed by atoms with Crippen molar-refractivity contribution in [3.8, 4) is 67.5 Å². The van der Waals surface area contributed by atoms with Gasteiger partial charge in [-0.25, -0.2) is 15.0 Å². The van der Waals surface area contributed by atoms with Gasteiger partial charge in [0.1, 0.15) is 7.14 Å². The Morgan fingerprint density at radius 1 is 0.365 bits per heavy atom. The van der Waals surface area contributed by atoms with Crippen molar-refractivity contribution in [2.75, 3.05) is 13.3 Å². The molecule has 0 saturated heterocycles. The van der Waals surface area contributed by atoms with Gasteiger partial charge in [0.15, 0.2) is 17.5 Å². The zero-order valence-corrected chi connectivity index (χ0v) is 42.7. The van der Waals surface area contributed by atoms with E-state index in [1.54, 1.807) is 0 Å². The topological polar surface area (TPSA) is 55.7 Å². The number of aromatic nitrogens is 3. The molecule has 0 radical (unpaired) electrons. The third kappa shape index (κ3) is 7.40. The lowest BCUT2D eigenvalue weighted by Crippen LogP contribution is -2.56. The van der Waals surface area contributed by atoms with Crippen LogP contribution in [0.4, 0.5) is 0 Å². The lowest BCUT2D eigenvalue weighted by Gasteiger charge is -2.62. The first kappa shape index (κ1) is 44.9. The Morgan fingerprint density at radius 2 is 0.811 bits per heavy atom. The average Bonchev–Trinajstić information content (AvgIpc) is 3.44. The molecule has 1 heterocycles. The molecule has 10 aromatic carbocycles. The van der Waals surface area contributed by atoms with Crippen LogP contribution in [0.1, 0.15) is 43.2 Å². The molecule has 0 spiro atoms. The molecule has 4 bridgehead atoms. The Balaban J connectivity index is 0.922. The van der Waals surface area contributed by atoms with E-state index in [-0.39, 0.29) is 5.41 Å². The molecule has 0 unspecified atom stereocenters. The second-order valence-corrected chi connectivity index (χ2v) is 25.0. The molecule has 4 saturated carbocycles. The minimum absolute atomic E-state index is 0.0981. The van der Waals surface area contributed by atoms with Gasteiger partial charge in [0.25, 0.3) is 0 Å². The lowest BCUT2D eigenvalue weighted by molar-refractivity contribution is -0.0418. The third-order valence-electron chi connectivity index (χ3n) is 17.3. The second kappa shape index (κ2) is 17.7. The molecule has 0 amide bonds. The van der Waals surface area contributed by atoms with Crippen molar-refractivity contribution in [1.29, 1.82) is 0 Å². The Bertz CT molecular complexity index is 3930. The van der Waals surface area contributed by atoms with Crippen molar-refractivity contribution in [2.24, 2.45) is 23.7 Å².